The maximum absolute atomic E-state index is 13.2. The highest BCUT2D eigenvalue weighted by molar-refractivity contribution is 6.51. The molecule has 0 aliphatic carbocycles. The molecule has 2 aromatic carbocycles. The number of hydrogen-bond donors (Lipinski definition) is 1. The van der Waals surface area contributed by atoms with E-state index in [1.54, 1.807) is 43.3 Å². The lowest BCUT2D eigenvalue weighted by molar-refractivity contribution is -0.132. The van der Waals surface area contributed by atoms with E-state index in [0.29, 0.717) is 28.5 Å². The Bertz CT molecular complexity index is 1220. The van der Waals surface area contributed by atoms with Crippen LogP contribution in [0.1, 0.15) is 49.5 Å². The molecular weight excluding hydrogens is 418 g/mol. The summed E-state index contributed by atoms with van der Waals surface area (Å²) in [6, 6.07) is 16.9. The Kier molecular flexibility index (Phi) is 6.09. The summed E-state index contributed by atoms with van der Waals surface area (Å²) in [6.07, 6.45) is 0.805. The molecule has 170 valence electrons. The second kappa shape index (κ2) is 8.98. The summed E-state index contributed by atoms with van der Waals surface area (Å²) < 4.78 is 11.6. The van der Waals surface area contributed by atoms with Gasteiger partial charge in [-0.3, -0.25) is 14.5 Å². The van der Waals surface area contributed by atoms with E-state index in [9.17, 15) is 14.7 Å². The fourth-order valence-corrected chi connectivity index (χ4v) is 4.01. The third-order valence-electron chi connectivity index (χ3n) is 5.58. The predicted octanol–water partition coefficient (Wildman–Crippen LogP) is 5.56. The summed E-state index contributed by atoms with van der Waals surface area (Å²) >= 11 is 0. The molecule has 0 bridgehead atoms. The van der Waals surface area contributed by atoms with Crippen LogP contribution in [0.2, 0.25) is 0 Å². The predicted molar refractivity (Wildman–Crippen MR) is 126 cm³/mol. The molecule has 0 spiro atoms. The summed E-state index contributed by atoms with van der Waals surface area (Å²) in [5, 5.41) is 11.2. The highest BCUT2D eigenvalue weighted by Crippen LogP contribution is 2.43. The van der Waals surface area contributed by atoms with Crippen LogP contribution in [-0.2, 0) is 16.0 Å². The van der Waals surface area contributed by atoms with Crippen LogP contribution in [0.25, 0.3) is 5.76 Å². The van der Waals surface area contributed by atoms with Gasteiger partial charge < -0.3 is 14.3 Å². The number of amides is 1. The molecule has 1 atom stereocenters. The van der Waals surface area contributed by atoms with E-state index in [4.69, 9.17) is 9.15 Å². The van der Waals surface area contributed by atoms with Crippen molar-refractivity contribution in [2.24, 2.45) is 0 Å². The zero-order valence-corrected chi connectivity index (χ0v) is 19.2. The van der Waals surface area contributed by atoms with Crippen molar-refractivity contribution < 1.29 is 23.8 Å². The number of furan rings is 1. The Morgan fingerprint density at radius 1 is 1.09 bits per heavy atom. The molecule has 3 aromatic rings. The summed E-state index contributed by atoms with van der Waals surface area (Å²) in [6.45, 7) is 7.64. The fraction of sp³-hybridized carbons (Fsp3) is 0.259. The van der Waals surface area contributed by atoms with Gasteiger partial charge in [0.25, 0.3) is 11.7 Å². The minimum Gasteiger partial charge on any atom is -0.507 e. The van der Waals surface area contributed by atoms with Gasteiger partial charge in [0.05, 0.1) is 11.7 Å². The van der Waals surface area contributed by atoms with Crippen molar-refractivity contribution in [3.05, 3.63) is 88.9 Å². The van der Waals surface area contributed by atoms with Crippen LogP contribution in [0, 0.1) is 6.92 Å². The molecule has 0 radical (unpaired) electrons. The van der Waals surface area contributed by atoms with Crippen molar-refractivity contribution >= 4 is 23.1 Å². The molecule has 1 aliphatic heterocycles. The van der Waals surface area contributed by atoms with E-state index in [2.05, 4.69) is 0 Å². The summed E-state index contributed by atoms with van der Waals surface area (Å²) in [4.78, 5) is 27.8. The molecule has 4 rings (SSSR count). The molecule has 1 N–H and O–H groups in total. The van der Waals surface area contributed by atoms with Crippen molar-refractivity contribution in [2.45, 2.75) is 46.3 Å². The van der Waals surface area contributed by atoms with Gasteiger partial charge in [-0.25, -0.2) is 0 Å². The van der Waals surface area contributed by atoms with Gasteiger partial charge in [-0.2, -0.15) is 0 Å². The average Bonchev–Trinajstić information content (AvgIpc) is 3.34. The Morgan fingerprint density at radius 2 is 1.82 bits per heavy atom. The Labute approximate surface area is 193 Å². The molecule has 2 heterocycles. The summed E-state index contributed by atoms with van der Waals surface area (Å²) in [5.41, 5.74) is 2.04. The maximum Gasteiger partial charge on any atom is 0.300 e. The lowest BCUT2D eigenvalue weighted by atomic mass is 9.99. The first-order valence-corrected chi connectivity index (χ1v) is 11.0. The number of aryl methyl sites for hydroxylation is 2. The van der Waals surface area contributed by atoms with Gasteiger partial charge in [0.1, 0.15) is 29.1 Å². The van der Waals surface area contributed by atoms with Crippen molar-refractivity contribution in [1.29, 1.82) is 0 Å². The first kappa shape index (κ1) is 22.4. The number of aliphatic hydroxyl groups is 1. The summed E-state index contributed by atoms with van der Waals surface area (Å²) in [7, 11) is 0. The lowest BCUT2D eigenvalue weighted by Gasteiger charge is -2.23. The molecule has 1 unspecified atom stereocenters. The number of carbonyl (C=O) groups is 2. The minimum absolute atomic E-state index is 0.0179. The van der Waals surface area contributed by atoms with Gasteiger partial charge in [0.2, 0.25) is 0 Å². The SMILES string of the molecule is CCc1ccc(N2C(=O)C(=O)/C(=C(\O)c3cccc(OC(C)C)c3)C2c2ccc(C)o2)cc1. The van der Waals surface area contributed by atoms with Gasteiger partial charge in [-0.05, 0) is 69.2 Å². The second-order valence-corrected chi connectivity index (χ2v) is 8.33. The molecule has 1 amide bonds. The lowest BCUT2D eigenvalue weighted by Crippen LogP contribution is -2.29. The number of carbonyl (C=O) groups excluding carboxylic acids is 2. The van der Waals surface area contributed by atoms with E-state index < -0.39 is 17.7 Å². The zero-order chi connectivity index (χ0) is 23.7. The van der Waals surface area contributed by atoms with E-state index in [0.717, 1.165) is 12.0 Å². The molecule has 1 fully saturated rings. The van der Waals surface area contributed by atoms with E-state index >= 15 is 0 Å². The van der Waals surface area contributed by atoms with Crippen LogP contribution in [0.15, 0.2) is 70.7 Å². The number of benzene rings is 2. The molecule has 1 aromatic heterocycles. The van der Waals surface area contributed by atoms with Crippen molar-refractivity contribution in [2.75, 3.05) is 4.90 Å². The topological polar surface area (TPSA) is 80.0 Å². The van der Waals surface area contributed by atoms with Crippen LogP contribution in [0.4, 0.5) is 5.69 Å². The Hall–Kier alpha value is -3.80. The standard InChI is InChI=1S/C27H27NO5/c1-5-18-10-12-20(13-11-18)28-24(22-14-9-17(4)33-22)23(26(30)27(28)31)25(29)19-7-6-8-21(15-19)32-16(2)3/h6-16,24,29H,5H2,1-4H3/b25-23-. The highest BCUT2D eigenvalue weighted by atomic mass is 16.5. The van der Waals surface area contributed by atoms with Crippen molar-refractivity contribution in [3.8, 4) is 5.75 Å². The molecular formula is C27H27NO5. The number of anilines is 1. The number of rotatable bonds is 6. The first-order chi connectivity index (χ1) is 15.8. The quantitative estimate of drug-likeness (QED) is 0.305. The van der Waals surface area contributed by atoms with Crippen molar-refractivity contribution in [1.82, 2.24) is 0 Å². The van der Waals surface area contributed by atoms with Gasteiger partial charge >= 0.3 is 0 Å². The average molecular weight is 446 g/mol. The highest BCUT2D eigenvalue weighted by Gasteiger charge is 2.48. The van der Waals surface area contributed by atoms with Crippen LogP contribution in [-0.4, -0.2) is 22.9 Å². The third kappa shape index (κ3) is 4.29. The monoisotopic (exact) mass is 445 g/mol. The van der Waals surface area contributed by atoms with E-state index in [1.165, 1.54) is 4.90 Å². The zero-order valence-electron chi connectivity index (χ0n) is 19.2. The maximum atomic E-state index is 13.2. The van der Waals surface area contributed by atoms with Gasteiger partial charge in [-0.15, -0.1) is 0 Å². The molecule has 1 saturated heterocycles. The number of hydrogen-bond acceptors (Lipinski definition) is 5. The third-order valence-corrected chi connectivity index (χ3v) is 5.58. The number of ketones is 1. The van der Waals surface area contributed by atoms with Crippen LogP contribution >= 0.6 is 0 Å². The van der Waals surface area contributed by atoms with Crippen molar-refractivity contribution in [3.63, 3.8) is 0 Å². The Morgan fingerprint density at radius 3 is 2.42 bits per heavy atom. The number of nitrogens with zero attached hydrogens (tertiary/aromatic N) is 1. The second-order valence-electron chi connectivity index (χ2n) is 8.33. The minimum atomic E-state index is -0.888. The van der Waals surface area contributed by atoms with Gasteiger partial charge in [-0.1, -0.05) is 31.2 Å². The smallest absolute Gasteiger partial charge is 0.300 e. The molecule has 33 heavy (non-hydrogen) atoms. The fourth-order valence-electron chi connectivity index (χ4n) is 4.01. The van der Waals surface area contributed by atoms with Crippen LogP contribution in [0.5, 0.6) is 5.75 Å². The normalized spacial score (nSPS) is 17.7. The molecule has 0 saturated carbocycles. The van der Waals surface area contributed by atoms with E-state index in [1.807, 2.05) is 45.0 Å². The molecule has 6 nitrogen and oxygen atoms in total. The van der Waals surface area contributed by atoms with Crippen LogP contribution < -0.4 is 9.64 Å². The molecule has 1 aliphatic rings. The number of ether oxygens (including phenoxy) is 1. The molecule has 6 heteroatoms. The van der Waals surface area contributed by atoms with Gasteiger partial charge in [0.15, 0.2) is 0 Å². The Balaban J connectivity index is 1.87. The van der Waals surface area contributed by atoms with Gasteiger partial charge in [0, 0.05) is 11.3 Å². The van der Waals surface area contributed by atoms with E-state index in [-0.39, 0.29) is 17.4 Å². The summed E-state index contributed by atoms with van der Waals surface area (Å²) in [5.74, 6) is -0.138. The largest absolute Gasteiger partial charge is 0.507 e. The first-order valence-electron chi connectivity index (χ1n) is 11.0. The number of aliphatic hydroxyl groups excluding tert-OH is 1. The van der Waals surface area contributed by atoms with Crippen LogP contribution in [0.3, 0.4) is 0 Å². The number of Topliss-reactive ketones (excluding diaryl/α,β-unsaturated/α-hetero) is 1.